The minimum Gasteiger partial charge on any atom is -0.466 e. The first-order chi connectivity index (χ1) is 41.6. The highest BCUT2D eigenvalue weighted by atomic mass is 16.7. The van der Waals surface area contributed by atoms with Gasteiger partial charge in [-0.1, -0.05) is 253 Å². The zero-order valence-corrected chi connectivity index (χ0v) is 55.5. The van der Waals surface area contributed by atoms with Crippen molar-refractivity contribution >= 4 is 29.8 Å². The molecule has 494 valence electrons. The Morgan fingerprint density at radius 3 is 1.48 bits per heavy atom. The Kier molecular flexibility index (Phi) is 49.8. The maximum Gasteiger partial charge on any atom is 0.323 e. The smallest absolute Gasteiger partial charge is 0.323 e. The Morgan fingerprint density at radius 1 is 0.529 bits per heavy atom. The van der Waals surface area contributed by atoms with Crippen molar-refractivity contribution in [2.45, 2.75) is 373 Å². The number of esters is 4. The number of carbonyl (C=O) groups excluding carboxylic acids is 5. The van der Waals surface area contributed by atoms with Crippen molar-refractivity contribution in [2.75, 3.05) is 32.8 Å². The van der Waals surface area contributed by atoms with Gasteiger partial charge < -0.3 is 34.0 Å². The van der Waals surface area contributed by atoms with E-state index in [-0.39, 0.29) is 42.8 Å². The molecule has 1 aliphatic rings. The molecule has 85 heavy (non-hydrogen) atoms. The molecule has 0 radical (unpaired) electrons. The van der Waals surface area contributed by atoms with Crippen molar-refractivity contribution in [3.8, 4) is 0 Å². The predicted octanol–water partition coefficient (Wildman–Crippen LogP) is 18.7. The number of aromatic amines is 1. The molecule has 2 N–H and O–H groups in total. The van der Waals surface area contributed by atoms with Gasteiger partial charge in [-0.05, 0) is 64.3 Å². The number of H-pyrrole nitrogens is 1. The van der Waals surface area contributed by atoms with Crippen LogP contribution in [-0.4, -0.2) is 102 Å². The van der Waals surface area contributed by atoms with Crippen molar-refractivity contribution in [1.29, 1.82) is 0 Å². The molecule has 1 aromatic rings. The molecule has 1 saturated heterocycles. The molecule has 1 amide bonds. The molecular weight excluding hydrogens is 1070 g/mol. The first kappa shape index (κ1) is 77.6. The average molecular weight is 1200 g/mol. The molecule has 14 nitrogen and oxygen atoms in total. The van der Waals surface area contributed by atoms with Gasteiger partial charge in [-0.3, -0.25) is 28.9 Å². The first-order valence-corrected chi connectivity index (χ1v) is 36.0. The monoisotopic (exact) mass is 1200 g/mol. The summed E-state index contributed by atoms with van der Waals surface area (Å²) in [5, 5.41) is 2.68. The molecule has 1 unspecified atom stereocenters. The summed E-state index contributed by atoms with van der Waals surface area (Å²) in [6.07, 6.45) is 54.0. The number of unbranched alkanes of at least 4 members (excludes halogenated alkanes) is 34. The van der Waals surface area contributed by atoms with Crippen LogP contribution in [0.2, 0.25) is 0 Å². The number of amides is 1. The van der Waals surface area contributed by atoms with E-state index < -0.39 is 29.8 Å². The number of nitrogens with one attached hydrogen (secondary N) is 2. The fourth-order valence-corrected chi connectivity index (χ4v) is 11.9. The van der Waals surface area contributed by atoms with Crippen LogP contribution in [0.25, 0.3) is 0 Å². The standard InChI is InChI=1S/C71H130N4O10/c1-6-11-16-21-26-27-28-35-45-58-81-65(76)49-41-37-44-57-75-61-63(83-66(77)51-54-74-69(79)68-72-55-56-73-68)60-64(75)70(80)82-59-46-36-29-32-40-50-67(78)85-71(52-42-33-24-19-14-9-4,53-43-34-25-20-15-10-5)84-62(47-38-30-22-17-12-7-2)48-39-31-23-18-13-8-3/h55-56,62-64H,6-54,57-61H2,1-5H3,(H,72,73)(H,74,79)/t63?,64-/m0/s1. The largest absolute Gasteiger partial charge is 0.466 e. The minimum atomic E-state index is -0.871. The number of rotatable bonds is 61. The quantitative estimate of drug-likeness (QED) is 0.0274. The molecule has 0 spiro atoms. The normalized spacial score (nSPS) is 14.5. The second-order valence-electron chi connectivity index (χ2n) is 25.1. The SMILES string of the molecule is CCCCCCCCCCCOC(=O)CCCCCN1CC(OC(=O)CCNC(=O)c2ncc[nH]2)C[C@H]1C(=O)OCCCCCCCC(=O)OC(CCCCCCCC)(CCCCCCCC)OC(CCCCCCCC)CCCCCCCC. The van der Waals surface area contributed by atoms with Gasteiger partial charge in [0.25, 0.3) is 5.91 Å². The maximum absolute atomic E-state index is 14.1. The molecular formula is C71H130N4O10. The second kappa shape index (κ2) is 54.6. The van der Waals surface area contributed by atoms with Crippen LogP contribution in [0.15, 0.2) is 12.4 Å². The lowest BCUT2D eigenvalue weighted by atomic mass is 9.97. The predicted molar refractivity (Wildman–Crippen MR) is 346 cm³/mol. The van der Waals surface area contributed by atoms with Crippen LogP contribution in [0.3, 0.4) is 0 Å². The molecule has 1 fully saturated rings. The van der Waals surface area contributed by atoms with Crippen molar-refractivity contribution in [2.24, 2.45) is 0 Å². The highest BCUT2D eigenvalue weighted by molar-refractivity contribution is 5.90. The van der Waals surface area contributed by atoms with Crippen molar-refractivity contribution in [3.05, 3.63) is 18.2 Å². The van der Waals surface area contributed by atoms with E-state index in [1.807, 2.05) is 4.90 Å². The van der Waals surface area contributed by atoms with Gasteiger partial charge in [0.2, 0.25) is 5.79 Å². The molecule has 0 aliphatic carbocycles. The van der Waals surface area contributed by atoms with Gasteiger partial charge in [0.05, 0.1) is 25.7 Å². The molecule has 0 saturated carbocycles. The molecule has 2 atom stereocenters. The number of hydrogen-bond donors (Lipinski definition) is 2. The Bertz CT molecular complexity index is 1710. The van der Waals surface area contributed by atoms with Gasteiger partial charge in [0.15, 0.2) is 5.82 Å². The van der Waals surface area contributed by atoms with Crippen molar-refractivity contribution in [3.63, 3.8) is 0 Å². The lowest BCUT2D eigenvalue weighted by Gasteiger charge is -2.37. The Morgan fingerprint density at radius 2 is 0.976 bits per heavy atom. The molecule has 1 aromatic heterocycles. The summed E-state index contributed by atoms with van der Waals surface area (Å²) in [7, 11) is 0. The molecule has 2 heterocycles. The molecule has 2 rings (SSSR count). The van der Waals surface area contributed by atoms with Crippen LogP contribution in [0.5, 0.6) is 0 Å². The zero-order chi connectivity index (χ0) is 61.5. The Balaban J connectivity index is 1.97. The van der Waals surface area contributed by atoms with Crippen molar-refractivity contribution < 1.29 is 47.7 Å². The van der Waals surface area contributed by atoms with Crippen molar-refractivity contribution in [1.82, 2.24) is 20.2 Å². The summed E-state index contributed by atoms with van der Waals surface area (Å²) in [4.78, 5) is 74.2. The fraction of sp³-hybridized carbons (Fsp3) is 0.887. The van der Waals surface area contributed by atoms with E-state index in [1.54, 1.807) is 6.20 Å². The number of aromatic nitrogens is 2. The average Bonchev–Trinajstić information content (AvgIpc) is 4.44. The Labute approximate surface area is 519 Å². The van der Waals surface area contributed by atoms with Gasteiger partial charge in [-0.25, -0.2) is 4.98 Å². The number of likely N-dealkylation sites (tertiary alicyclic amines) is 1. The summed E-state index contributed by atoms with van der Waals surface area (Å²) in [6.45, 7) is 13.2. The summed E-state index contributed by atoms with van der Waals surface area (Å²) >= 11 is 0. The Hall–Kier alpha value is -3.52. The molecule has 1 aliphatic heterocycles. The van der Waals surface area contributed by atoms with Crippen LogP contribution in [-0.2, 0) is 42.9 Å². The van der Waals surface area contributed by atoms with Crippen LogP contribution < -0.4 is 5.32 Å². The van der Waals surface area contributed by atoms with E-state index in [2.05, 4.69) is 49.9 Å². The van der Waals surface area contributed by atoms with Crippen LogP contribution in [0.1, 0.15) is 360 Å². The topological polar surface area (TPSA) is 175 Å². The van der Waals surface area contributed by atoms with Gasteiger partial charge >= 0.3 is 23.9 Å². The van der Waals surface area contributed by atoms with Gasteiger partial charge in [-0.15, -0.1) is 0 Å². The third kappa shape index (κ3) is 42.1. The van der Waals surface area contributed by atoms with Crippen LogP contribution in [0.4, 0.5) is 0 Å². The van der Waals surface area contributed by atoms with Gasteiger partial charge in [0, 0.05) is 57.6 Å². The van der Waals surface area contributed by atoms with E-state index >= 15 is 0 Å². The van der Waals surface area contributed by atoms with Crippen LogP contribution in [0, 0.1) is 0 Å². The number of hydrogen-bond acceptors (Lipinski definition) is 12. The molecule has 14 heteroatoms. The first-order valence-electron chi connectivity index (χ1n) is 36.0. The lowest BCUT2D eigenvalue weighted by molar-refractivity contribution is -0.259. The van der Waals surface area contributed by atoms with E-state index in [1.165, 1.54) is 167 Å². The lowest BCUT2D eigenvalue weighted by Crippen LogP contribution is -2.42. The molecule has 0 aromatic carbocycles. The van der Waals surface area contributed by atoms with E-state index in [4.69, 9.17) is 23.7 Å². The highest BCUT2D eigenvalue weighted by Crippen LogP contribution is 2.34. The minimum absolute atomic E-state index is 0.0126. The summed E-state index contributed by atoms with van der Waals surface area (Å²) in [5.41, 5.74) is 0. The van der Waals surface area contributed by atoms with Gasteiger partial charge in [0.1, 0.15) is 12.1 Å². The van der Waals surface area contributed by atoms with E-state index in [9.17, 15) is 24.0 Å². The van der Waals surface area contributed by atoms with E-state index in [0.717, 1.165) is 116 Å². The molecule has 0 bridgehead atoms. The second-order valence-corrected chi connectivity index (χ2v) is 25.1. The fourth-order valence-electron chi connectivity index (χ4n) is 11.9. The number of imidazole rings is 1. The van der Waals surface area contributed by atoms with E-state index in [0.29, 0.717) is 58.4 Å². The zero-order valence-electron chi connectivity index (χ0n) is 55.5. The maximum atomic E-state index is 14.1. The summed E-state index contributed by atoms with van der Waals surface area (Å²) < 4.78 is 31.3. The van der Waals surface area contributed by atoms with Gasteiger partial charge in [-0.2, -0.15) is 0 Å². The summed E-state index contributed by atoms with van der Waals surface area (Å²) in [5.74, 6) is -2.16. The van der Waals surface area contributed by atoms with Crippen LogP contribution >= 0.6 is 0 Å². The third-order valence-electron chi connectivity index (χ3n) is 17.1. The summed E-state index contributed by atoms with van der Waals surface area (Å²) in [6, 6.07) is -0.552. The number of nitrogens with zero attached hydrogens (tertiary/aromatic N) is 2. The number of carbonyl (C=O) groups is 5. The number of ether oxygens (including phenoxy) is 5. The third-order valence-corrected chi connectivity index (χ3v) is 17.1. The highest BCUT2D eigenvalue weighted by Gasteiger charge is 2.40.